The quantitative estimate of drug-likeness (QED) is 0.168. The van der Waals surface area contributed by atoms with Crippen molar-refractivity contribution < 1.29 is 0 Å². The Morgan fingerprint density at radius 1 is 0.127 bits per heavy atom. The number of hydrogen-bond donors (Lipinski definition) is 0. The minimum Gasteiger partial charge on any atom is -0.309 e. The van der Waals surface area contributed by atoms with Crippen LogP contribution in [0.2, 0.25) is 0 Å². The van der Waals surface area contributed by atoms with Crippen LogP contribution in [0.5, 0.6) is 0 Å². The van der Waals surface area contributed by atoms with E-state index in [9.17, 15) is 0 Å². The van der Waals surface area contributed by atoms with E-state index in [0.717, 1.165) is 33.8 Å². The predicted octanol–water partition coefficient (Wildman–Crippen LogP) is 25.6. The fourth-order valence-electron chi connectivity index (χ4n) is 19.5. The van der Waals surface area contributed by atoms with E-state index in [1.165, 1.54) is 195 Å². The lowest BCUT2D eigenvalue weighted by Crippen LogP contribution is -1.95. The van der Waals surface area contributed by atoms with Gasteiger partial charge in [0.05, 0.1) is 77.2 Å². The zero-order valence-electron chi connectivity index (χ0n) is 54.9. The average Bonchev–Trinajstić information content (AvgIpc) is 1.48. The highest BCUT2D eigenvalue weighted by Gasteiger charge is 2.32. The van der Waals surface area contributed by atoms with Crippen LogP contribution in [0.25, 0.3) is 229 Å². The lowest BCUT2D eigenvalue weighted by atomic mass is 9.90. The normalized spacial score (nSPS) is 12.7. The second kappa shape index (κ2) is 19.2. The van der Waals surface area contributed by atoms with Crippen molar-refractivity contribution in [3.8, 4) is 22.7 Å². The second-order valence-corrected chi connectivity index (χ2v) is 28.2. The average molecular weight is 1290 g/mol. The number of rotatable bonds is 4. The molecule has 25 aromatic rings. The molecule has 0 aliphatic carbocycles. The summed E-state index contributed by atoms with van der Waals surface area (Å²) in [4.78, 5) is 0. The molecule has 102 heavy (non-hydrogen) atoms. The van der Waals surface area contributed by atoms with Crippen LogP contribution in [0, 0.1) is 0 Å². The van der Waals surface area contributed by atoms with E-state index in [-0.39, 0.29) is 0 Å². The van der Waals surface area contributed by atoms with E-state index in [4.69, 9.17) is 0 Å². The van der Waals surface area contributed by atoms with Gasteiger partial charge in [-0.2, -0.15) is 0 Å². The molecule has 0 fully saturated rings. The van der Waals surface area contributed by atoms with Crippen molar-refractivity contribution in [1.82, 2.24) is 27.1 Å². The van der Waals surface area contributed by atoms with Crippen LogP contribution in [0.1, 0.15) is 0 Å². The minimum atomic E-state index is 1.12. The van der Waals surface area contributed by atoms with Gasteiger partial charge in [-0.15, -0.1) is 0 Å². The number of benzene rings is 16. The zero-order valence-corrected chi connectivity index (χ0v) is 54.9. The van der Waals surface area contributed by atoms with Crippen molar-refractivity contribution in [3.05, 3.63) is 328 Å². The van der Waals surface area contributed by atoms with Crippen LogP contribution in [0.4, 0.5) is 0 Å². The van der Waals surface area contributed by atoms with E-state index < -0.39 is 0 Å². The molecule has 6 nitrogen and oxygen atoms in total. The molecule has 0 atom stereocenters. The molecule has 0 aliphatic rings. The van der Waals surface area contributed by atoms with E-state index >= 15 is 0 Å². The first-order chi connectivity index (χ1) is 50.7. The van der Waals surface area contributed by atoms with E-state index in [1.807, 2.05) is 0 Å². The molecule has 0 unspecified atom stereocenters. The standard InChI is InChI=1S/C96H54N6/c1-2-24-60-59(23-1)61-25-3-5-35-71(61)89-90(72-36-6-4-26-62(60)72)95-92(78-54-58(100-85-43-21-13-33-69(85)70-34-14-22-44-86(70)100)52-76-74-50-56(46-48-88(74)102(95)94(76)78)98-81-39-17-9-29-65(81)66-30-10-18-40-82(66)98)96-91(89)77-53-57(99-83-41-19-11-31-67(83)68-32-12-20-42-84(68)99)51-75-73-49-55(45-47-87(73)101(96)93(75)77)97-79-37-15-7-27-63(79)64-28-8-16-38-80(64)97/h1-54H. The van der Waals surface area contributed by atoms with Crippen molar-refractivity contribution in [1.29, 1.82) is 0 Å². The third kappa shape index (κ3) is 6.57. The number of para-hydroxylation sites is 8. The Morgan fingerprint density at radius 3 is 0.676 bits per heavy atom. The van der Waals surface area contributed by atoms with Gasteiger partial charge < -0.3 is 27.1 Å². The summed E-state index contributed by atoms with van der Waals surface area (Å²) in [6.45, 7) is 0. The van der Waals surface area contributed by atoms with Gasteiger partial charge in [-0.1, -0.05) is 218 Å². The molecule has 25 rings (SSSR count). The number of hydrogen-bond acceptors (Lipinski definition) is 0. The van der Waals surface area contributed by atoms with Crippen molar-refractivity contribution in [2.75, 3.05) is 0 Å². The molecule has 17 aromatic carbocycles. The first kappa shape index (κ1) is 53.4. The third-order valence-electron chi connectivity index (χ3n) is 23.3. The van der Waals surface area contributed by atoms with Crippen LogP contribution in [-0.4, -0.2) is 27.1 Å². The molecule has 8 heterocycles. The topological polar surface area (TPSA) is 28.5 Å². The van der Waals surface area contributed by atoms with Gasteiger partial charge in [0.15, 0.2) is 0 Å². The summed E-state index contributed by atoms with van der Waals surface area (Å²) in [6.07, 6.45) is 0. The van der Waals surface area contributed by atoms with E-state index in [2.05, 4.69) is 355 Å². The molecular weight excluding hydrogens is 1240 g/mol. The number of aromatic nitrogens is 6. The van der Waals surface area contributed by atoms with Crippen LogP contribution < -0.4 is 0 Å². The lowest BCUT2D eigenvalue weighted by Gasteiger charge is -2.15. The van der Waals surface area contributed by atoms with Gasteiger partial charge in [-0.05, 0) is 142 Å². The summed E-state index contributed by atoms with van der Waals surface area (Å²) in [5.41, 5.74) is 21.1. The van der Waals surface area contributed by atoms with Crippen molar-refractivity contribution >= 4 is 207 Å². The highest BCUT2D eigenvalue weighted by molar-refractivity contribution is 6.47. The van der Waals surface area contributed by atoms with Gasteiger partial charge in [0.2, 0.25) is 0 Å². The maximum atomic E-state index is 2.72. The van der Waals surface area contributed by atoms with E-state index in [0.29, 0.717) is 0 Å². The van der Waals surface area contributed by atoms with Crippen molar-refractivity contribution in [3.63, 3.8) is 0 Å². The monoisotopic (exact) mass is 1290 g/mol. The van der Waals surface area contributed by atoms with Crippen LogP contribution in [-0.2, 0) is 0 Å². The van der Waals surface area contributed by atoms with Gasteiger partial charge in [0.25, 0.3) is 0 Å². The lowest BCUT2D eigenvalue weighted by molar-refractivity contribution is 1.18. The molecule has 0 N–H and O–H groups in total. The molecule has 8 aromatic heterocycles. The molecule has 0 bridgehead atoms. The number of fused-ring (bicyclic) bond motifs is 35. The molecule has 0 spiro atoms. The molecule has 0 saturated heterocycles. The number of nitrogens with zero attached hydrogens (tertiary/aromatic N) is 6. The predicted molar refractivity (Wildman–Crippen MR) is 432 cm³/mol. The molecule has 0 amide bonds. The smallest absolute Gasteiger partial charge is 0.0648 e. The molecule has 6 heteroatoms. The highest BCUT2D eigenvalue weighted by Crippen LogP contribution is 2.55. The summed E-state index contributed by atoms with van der Waals surface area (Å²) >= 11 is 0. The second-order valence-electron chi connectivity index (χ2n) is 28.2. The fourth-order valence-corrected chi connectivity index (χ4v) is 19.5. The van der Waals surface area contributed by atoms with Crippen LogP contribution in [0.15, 0.2) is 328 Å². The Hall–Kier alpha value is -13.7. The first-order valence-corrected chi connectivity index (χ1v) is 35.4. The molecular formula is C96H54N6. The van der Waals surface area contributed by atoms with Gasteiger partial charge in [-0.3, -0.25) is 0 Å². The maximum Gasteiger partial charge on any atom is 0.0648 e. The van der Waals surface area contributed by atoms with E-state index in [1.54, 1.807) is 0 Å². The molecule has 0 saturated carbocycles. The third-order valence-corrected chi connectivity index (χ3v) is 23.3. The highest BCUT2D eigenvalue weighted by atomic mass is 15.0. The Balaban J connectivity index is 0.959. The SMILES string of the molecule is c1ccc2c(c1)c1ccccc1c1c3c4cc(-n5c6ccccc6c6ccccc65)cc5c6cc(-n7c8ccccc8c8ccccc87)ccc6n(c54)c3c3c4cc(-n5c6ccccc6c6ccccc65)cc5c6cc(-n7c8ccccc8c8ccccc87)ccc6n(c54)c3c1c1ccccc21. The van der Waals surface area contributed by atoms with Gasteiger partial charge in [0.1, 0.15) is 0 Å². The summed E-state index contributed by atoms with van der Waals surface area (Å²) in [7, 11) is 0. The Bertz CT molecular complexity index is 7930. The molecule has 0 radical (unpaired) electrons. The Morgan fingerprint density at radius 2 is 0.353 bits per heavy atom. The van der Waals surface area contributed by atoms with Crippen molar-refractivity contribution in [2.24, 2.45) is 0 Å². The fraction of sp³-hybridized carbons (Fsp3) is 0. The summed E-state index contributed by atoms with van der Waals surface area (Å²) < 4.78 is 15.5. The summed E-state index contributed by atoms with van der Waals surface area (Å²) in [5.74, 6) is 0. The summed E-state index contributed by atoms with van der Waals surface area (Å²) in [6, 6.07) is 124. The first-order valence-electron chi connectivity index (χ1n) is 35.4. The summed E-state index contributed by atoms with van der Waals surface area (Å²) in [5, 5.41) is 29.3. The van der Waals surface area contributed by atoms with Crippen LogP contribution in [0.3, 0.4) is 0 Å². The molecule has 468 valence electrons. The van der Waals surface area contributed by atoms with Gasteiger partial charge >= 0.3 is 0 Å². The molecule has 0 aliphatic heterocycles. The van der Waals surface area contributed by atoms with Crippen molar-refractivity contribution in [2.45, 2.75) is 0 Å². The van der Waals surface area contributed by atoms with Gasteiger partial charge in [-0.25, -0.2) is 0 Å². The zero-order chi connectivity index (χ0) is 65.9. The largest absolute Gasteiger partial charge is 0.309 e. The Kier molecular flexibility index (Phi) is 10.0. The maximum absolute atomic E-state index is 2.72. The Labute approximate surface area is 580 Å². The minimum absolute atomic E-state index is 1.12. The van der Waals surface area contributed by atoms with Crippen LogP contribution >= 0.6 is 0 Å². The van der Waals surface area contributed by atoms with Gasteiger partial charge in [0, 0.05) is 120 Å².